The van der Waals surface area contributed by atoms with Crippen molar-refractivity contribution in [3.63, 3.8) is 0 Å². The molecular formula is C18H30N2O3S. The van der Waals surface area contributed by atoms with Gasteiger partial charge < -0.3 is 20.5 Å². The first-order valence-corrected chi connectivity index (χ1v) is 9.18. The van der Waals surface area contributed by atoms with Crippen LogP contribution in [0.25, 0.3) is 0 Å². The van der Waals surface area contributed by atoms with Gasteiger partial charge in [-0.25, -0.2) is 0 Å². The Morgan fingerprint density at radius 2 is 1.96 bits per heavy atom. The average molecular weight is 355 g/mol. The molecule has 0 bridgehead atoms. The molecule has 0 radical (unpaired) electrons. The zero-order valence-electron chi connectivity index (χ0n) is 15.3. The molecule has 0 saturated carbocycles. The molecular weight excluding hydrogens is 324 g/mol. The maximum absolute atomic E-state index is 12.2. The molecule has 6 heteroatoms. The molecule has 0 spiro atoms. The lowest BCUT2D eigenvalue weighted by Crippen LogP contribution is -2.52. The van der Waals surface area contributed by atoms with Gasteiger partial charge in [-0.3, -0.25) is 4.79 Å². The number of nitrogens with one attached hydrogen (secondary N) is 1. The zero-order valence-corrected chi connectivity index (χ0v) is 16.2. The lowest BCUT2D eigenvalue weighted by atomic mass is 9.90. The van der Waals surface area contributed by atoms with Gasteiger partial charge in [0.15, 0.2) is 11.5 Å². The van der Waals surface area contributed by atoms with Crippen LogP contribution in [0.5, 0.6) is 11.5 Å². The van der Waals surface area contributed by atoms with Crippen LogP contribution in [-0.4, -0.2) is 38.0 Å². The fourth-order valence-electron chi connectivity index (χ4n) is 2.65. The Morgan fingerprint density at radius 1 is 1.29 bits per heavy atom. The normalized spacial score (nSPS) is 13.5. The Labute approximate surface area is 149 Å². The summed E-state index contributed by atoms with van der Waals surface area (Å²) in [4.78, 5) is 13.2. The minimum Gasteiger partial charge on any atom is -0.493 e. The molecule has 0 heterocycles. The van der Waals surface area contributed by atoms with E-state index in [0.717, 1.165) is 11.3 Å². The Bertz CT molecular complexity index is 537. The van der Waals surface area contributed by atoms with Gasteiger partial charge >= 0.3 is 0 Å². The number of nitrogens with two attached hydrogens (primary N) is 1. The maximum atomic E-state index is 12.2. The summed E-state index contributed by atoms with van der Waals surface area (Å²) in [6.07, 6.45) is 1.32. The van der Waals surface area contributed by atoms with Crippen LogP contribution < -0.4 is 20.5 Å². The van der Waals surface area contributed by atoms with E-state index in [1.165, 1.54) is 0 Å². The third-order valence-electron chi connectivity index (χ3n) is 3.70. The first-order chi connectivity index (χ1) is 11.3. The highest BCUT2D eigenvalue weighted by Crippen LogP contribution is 2.32. The van der Waals surface area contributed by atoms with Crippen molar-refractivity contribution in [3.05, 3.63) is 18.2 Å². The first kappa shape index (κ1) is 20.6. The second-order valence-corrected chi connectivity index (χ2v) is 7.69. The number of amides is 1. The highest BCUT2D eigenvalue weighted by Gasteiger charge is 2.25. The van der Waals surface area contributed by atoms with Crippen LogP contribution in [0, 0.1) is 5.92 Å². The molecule has 0 fully saturated rings. The molecule has 0 aromatic heterocycles. The number of thioether (sulfide) groups is 1. The number of rotatable bonds is 10. The molecule has 24 heavy (non-hydrogen) atoms. The molecule has 1 aromatic carbocycles. The lowest BCUT2D eigenvalue weighted by molar-refractivity contribution is -0.122. The highest BCUT2D eigenvalue weighted by atomic mass is 32.2. The Morgan fingerprint density at radius 3 is 2.50 bits per heavy atom. The molecule has 1 atom stereocenters. The van der Waals surface area contributed by atoms with Crippen LogP contribution >= 0.6 is 11.8 Å². The average Bonchev–Trinajstić information content (AvgIpc) is 2.53. The van der Waals surface area contributed by atoms with Crippen molar-refractivity contribution in [1.82, 2.24) is 5.32 Å². The van der Waals surface area contributed by atoms with Crippen LogP contribution in [0.3, 0.4) is 0 Å². The number of carbonyl (C=O) groups is 1. The van der Waals surface area contributed by atoms with Gasteiger partial charge in [0.2, 0.25) is 5.91 Å². The predicted molar refractivity (Wildman–Crippen MR) is 99.9 cm³/mol. The fraction of sp³-hybridized carbons (Fsp3) is 0.611. The Balaban J connectivity index is 2.50. The van der Waals surface area contributed by atoms with Crippen LogP contribution in [-0.2, 0) is 4.79 Å². The van der Waals surface area contributed by atoms with E-state index >= 15 is 0 Å². The molecule has 0 aliphatic heterocycles. The standard InChI is InChI=1S/C18H30N2O3S/c1-13(2)11-18(3,12-19)20-17(21)8-9-24-14-6-7-15(22-4)16(10-14)23-5/h6-7,10,13H,8-9,11-12,19H2,1-5H3,(H,20,21). The summed E-state index contributed by atoms with van der Waals surface area (Å²) in [5.74, 6) is 2.62. The van der Waals surface area contributed by atoms with Gasteiger partial charge in [-0.15, -0.1) is 11.8 Å². The largest absolute Gasteiger partial charge is 0.493 e. The molecule has 5 nitrogen and oxygen atoms in total. The second kappa shape index (κ2) is 9.79. The van der Waals surface area contributed by atoms with Gasteiger partial charge in [0.1, 0.15) is 0 Å². The van der Waals surface area contributed by atoms with Gasteiger partial charge in [0, 0.05) is 29.2 Å². The third-order valence-corrected chi connectivity index (χ3v) is 4.70. The SMILES string of the molecule is COc1ccc(SCCC(=O)NC(C)(CN)CC(C)C)cc1OC. The maximum Gasteiger partial charge on any atom is 0.221 e. The highest BCUT2D eigenvalue weighted by molar-refractivity contribution is 7.99. The molecule has 0 saturated heterocycles. The second-order valence-electron chi connectivity index (χ2n) is 6.53. The minimum atomic E-state index is -0.334. The van der Waals surface area contributed by atoms with Crippen LogP contribution in [0.15, 0.2) is 23.1 Å². The molecule has 1 unspecified atom stereocenters. The van der Waals surface area contributed by atoms with E-state index in [4.69, 9.17) is 15.2 Å². The molecule has 1 amide bonds. The molecule has 1 aromatic rings. The summed E-state index contributed by atoms with van der Waals surface area (Å²) in [7, 11) is 3.22. The first-order valence-electron chi connectivity index (χ1n) is 8.19. The minimum absolute atomic E-state index is 0.0385. The fourth-order valence-corrected chi connectivity index (χ4v) is 3.53. The quantitative estimate of drug-likeness (QED) is 0.632. The van der Waals surface area contributed by atoms with E-state index in [2.05, 4.69) is 19.2 Å². The third kappa shape index (κ3) is 6.61. The Hall–Kier alpha value is -1.40. The number of ether oxygens (including phenoxy) is 2. The summed E-state index contributed by atoms with van der Waals surface area (Å²) in [5.41, 5.74) is 5.50. The molecule has 3 N–H and O–H groups in total. The van der Waals surface area contributed by atoms with E-state index in [1.54, 1.807) is 26.0 Å². The van der Waals surface area contributed by atoms with Gasteiger partial charge in [-0.1, -0.05) is 13.8 Å². The van der Waals surface area contributed by atoms with E-state index < -0.39 is 0 Å². The molecule has 1 rings (SSSR count). The van der Waals surface area contributed by atoms with Crippen molar-refractivity contribution in [2.24, 2.45) is 11.7 Å². The summed E-state index contributed by atoms with van der Waals surface area (Å²) < 4.78 is 10.5. The number of carbonyl (C=O) groups excluding carboxylic acids is 1. The van der Waals surface area contributed by atoms with Gasteiger partial charge in [0.25, 0.3) is 0 Å². The summed E-state index contributed by atoms with van der Waals surface area (Å²) >= 11 is 1.62. The molecule has 0 aliphatic carbocycles. The van der Waals surface area contributed by atoms with Crippen LogP contribution in [0.4, 0.5) is 0 Å². The Kier molecular flexibility index (Phi) is 8.42. The van der Waals surface area contributed by atoms with E-state index in [9.17, 15) is 4.79 Å². The molecule has 136 valence electrons. The van der Waals surface area contributed by atoms with E-state index in [0.29, 0.717) is 36.1 Å². The van der Waals surface area contributed by atoms with Crippen molar-refractivity contribution < 1.29 is 14.3 Å². The van der Waals surface area contributed by atoms with Gasteiger partial charge in [0.05, 0.1) is 14.2 Å². The van der Waals surface area contributed by atoms with E-state index in [1.807, 2.05) is 25.1 Å². The predicted octanol–water partition coefficient (Wildman–Crippen LogP) is 3.07. The zero-order chi connectivity index (χ0) is 18.2. The number of methoxy groups -OCH3 is 2. The van der Waals surface area contributed by atoms with Crippen molar-refractivity contribution in [3.8, 4) is 11.5 Å². The summed E-state index contributed by atoms with van der Waals surface area (Å²) in [6.45, 7) is 6.71. The van der Waals surface area contributed by atoms with Gasteiger partial charge in [-0.2, -0.15) is 0 Å². The van der Waals surface area contributed by atoms with Gasteiger partial charge in [-0.05, 0) is 37.5 Å². The van der Waals surface area contributed by atoms with Crippen molar-refractivity contribution in [2.45, 2.75) is 44.0 Å². The summed E-state index contributed by atoms with van der Waals surface area (Å²) in [6, 6.07) is 5.76. The smallest absolute Gasteiger partial charge is 0.221 e. The summed E-state index contributed by atoms with van der Waals surface area (Å²) in [5, 5.41) is 3.08. The van der Waals surface area contributed by atoms with Crippen molar-refractivity contribution in [2.75, 3.05) is 26.5 Å². The number of benzene rings is 1. The number of hydrogen-bond acceptors (Lipinski definition) is 5. The number of hydrogen-bond donors (Lipinski definition) is 2. The lowest BCUT2D eigenvalue weighted by Gasteiger charge is -2.31. The van der Waals surface area contributed by atoms with Crippen LogP contribution in [0.2, 0.25) is 0 Å². The topological polar surface area (TPSA) is 73.6 Å². The van der Waals surface area contributed by atoms with Crippen molar-refractivity contribution >= 4 is 17.7 Å². The van der Waals surface area contributed by atoms with E-state index in [-0.39, 0.29) is 11.4 Å². The van der Waals surface area contributed by atoms with Crippen LogP contribution in [0.1, 0.15) is 33.6 Å². The monoisotopic (exact) mass is 354 g/mol. The molecule has 0 aliphatic rings. The van der Waals surface area contributed by atoms with Crippen molar-refractivity contribution in [1.29, 1.82) is 0 Å².